The van der Waals surface area contributed by atoms with Crippen LogP contribution in [-0.4, -0.2) is 43.8 Å². The Morgan fingerprint density at radius 1 is 1.04 bits per heavy atom. The zero-order valence-electron chi connectivity index (χ0n) is 16.7. The molecular weight excluding hydrogens is 348 g/mol. The minimum absolute atomic E-state index is 0.453. The van der Waals surface area contributed by atoms with Gasteiger partial charge in [-0.25, -0.2) is 8.42 Å². The molecule has 0 heterocycles. The molecule has 0 aliphatic carbocycles. The van der Waals surface area contributed by atoms with Crippen molar-refractivity contribution in [1.82, 2.24) is 4.90 Å². The predicted octanol–water partition coefficient (Wildman–Crippen LogP) is 4.16. The zero-order chi connectivity index (χ0) is 19.6. The number of anilines is 1. The van der Waals surface area contributed by atoms with E-state index in [1.54, 1.807) is 24.3 Å². The lowest BCUT2D eigenvalue weighted by atomic mass is 10.0. The van der Waals surface area contributed by atoms with Crippen LogP contribution >= 0.6 is 0 Å². The zero-order valence-corrected chi connectivity index (χ0v) is 17.6. The van der Waals surface area contributed by atoms with Gasteiger partial charge in [0, 0.05) is 11.7 Å². The third-order valence-electron chi connectivity index (χ3n) is 4.68. The number of benzene rings is 1. The number of rotatable bonds is 13. The molecule has 0 spiro atoms. The molecule has 0 fully saturated rings. The van der Waals surface area contributed by atoms with Crippen molar-refractivity contribution in [2.75, 3.05) is 24.1 Å². The van der Waals surface area contributed by atoms with Crippen molar-refractivity contribution >= 4 is 15.7 Å². The number of unbranched alkanes of at least 4 members (excludes halogenated alkanes) is 2. The molecule has 5 nitrogen and oxygen atoms in total. The van der Waals surface area contributed by atoms with Crippen molar-refractivity contribution in [2.45, 2.75) is 71.4 Å². The van der Waals surface area contributed by atoms with Gasteiger partial charge in [-0.1, -0.05) is 38.8 Å². The number of hydrogen-bond acceptors (Lipinski definition) is 4. The maximum absolute atomic E-state index is 11.2. The van der Waals surface area contributed by atoms with E-state index in [0.29, 0.717) is 18.2 Å². The molecule has 0 saturated carbocycles. The molecule has 150 valence electrons. The van der Waals surface area contributed by atoms with Gasteiger partial charge in [0.2, 0.25) is 10.0 Å². The van der Waals surface area contributed by atoms with Crippen LogP contribution < -0.4 is 4.72 Å². The smallest absolute Gasteiger partial charge is 0.229 e. The predicted molar refractivity (Wildman–Crippen MR) is 110 cm³/mol. The molecule has 0 aliphatic rings. The minimum Gasteiger partial charge on any atom is -0.388 e. The summed E-state index contributed by atoms with van der Waals surface area (Å²) < 4.78 is 24.9. The van der Waals surface area contributed by atoms with Gasteiger partial charge in [0.05, 0.1) is 12.4 Å². The summed E-state index contributed by atoms with van der Waals surface area (Å²) in [5.41, 5.74) is 1.34. The number of aliphatic hydroxyl groups excluding tert-OH is 1. The fourth-order valence-corrected chi connectivity index (χ4v) is 3.57. The molecule has 0 bridgehead atoms. The van der Waals surface area contributed by atoms with E-state index >= 15 is 0 Å². The van der Waals surface area contributed by atoms with Crippen LogP contribution in [0.3, 0.4) is 0 Å². The highest BCUT2D eigenvalue weighted by atomic mass is 32.2. The summed E-state index contributed by atoms with van der Waals surface area (Å²) in [6.45, 7) is 8.93. The Kier molecular flexibility index (Phi) is 10.2. The van der Waals surface area contributed by atoms with Gasteiger partial charge in [-0.2, -0.15) is 0 Å². The van der Waals surface area contributed by atoms with E-state index in [2.05, 4.69) is 30.4 Å². The first kappa shape index (κ1) is 22.9. The van der Waals surface area contributed by atoms with Crippen molar-refractivity contribution in [3.8, 4) is 0 Å². The topological polar surface area (TPSA) is 69.6 Å². The molecule has 2 unspecified atom stereocenters. The number of aliphatic hydroxyl groups is 1. The van der Waals surface area contributed by atoms with Gasteiger partial charge in [-0.3, -0.25) is 4.72 Å². The van der Waals surface area contributed by atoms with Crippen molar-refractivity contribution in [3.63, 3.8) is 0 Å². The second kappa shape index (κ2) is 11.6. The van der Waals surface area contributed by atoms with Crippen LogP contribution in [0.5, 0.6) is 0 Å². The maximum Gasteiger partial charge on any atom is 0.229 e. The molecule has 0 aromatic heterocycles. The van der Waals surface area contributed by atoms with Gasteiger partial charge in [0.15, 0.2) is 0 Å². The van der Waals surface area contributed by atoms with Gasteiger partial charge in [0.25, 0.3) is 0 Å². The van der Waals surface area contributed by atoms with Crippen LogP contribution in [0.1, 0.15) is 71.0 Å². The molecule has 0 radical (unpaired) electrons. The highest BCUT2D eigenvalue weighted by molar-refractivity contribution is 7.92. The third kappa shape index (κ3) is 9.01. The largest absolute Gasteiger partial charge is 0.388 e. The van der Waals surface area contributed by atoms with E-state index < -0.39 is 16.1 Å². The second-order valence-corrected chi connectivity index (χ2v) is 8.93. The van der Waals surface area contributed by atoms with E-state index in [1.165, 1.54) is 25.7 Å². The van der Waals surface area contributed by atoms with Crippen LogP contribution in [0.15, 0.2) is 24.3 Å². The third-order valence-corrected chi connectivity index (χ3v) is 5.28. The molecule has 26 heavy (non-hydrogen) atoms. The normalized spacial score (nSPS) is 14.4. The first-order chi connectivity index (χ1) is 12.3. The lowest BCUT2D eigenvalue weighted by Gasteiger charge is -2.29. The van der Waals surface area contributed by atoms with Gasteiger partial charge in [-0.05, 0) is 63.4 Å². The summed E-state index contributed by atoms with van der Waals surface area (Å²) in [6.07, 6.45) is 7.07. The minimum atomic E-state index is -3.27. The van der Waals surface area contributed by atoms with E-state index in [0.717, 1.165) is 31.3 Å². The SMILES string of the molecule is CCCCN(CCCC)C(C)CCC(O)c1ccc(NS(C)(=O)=O)cc1. The highest BCUT2D eigenvalue weighted by Gasteiger charge is 2.16. The van der Waals surface area contributed by atoms with E-state index in [1.807, 2.05) is 0 Å². The Bertz CT molecular complexity index is 594. The highest BCUT2D eigenvalue weighted by Crippen LogP contribution is 2.23. The number of hydrogen-bond donors (Lipinski definition) is 2. The molecule has 0 aliphatic heterocycles. The van der Waals surface area contributed by atoms with E-state index in [-0.39, 0.29) is 0 Å². The number of nitrogens with one attached hydrogen (secondary N) is 1. The molecule has 1 aromatic carbocycles. The quantitative estimate of drug-likeness (QED) is 0.536. The van der Waals surface area contributed by atoms with Crippen LogP contribution in [0.2, 0.25) is 0 Å². The van der Waals surface area contributed by atoms with Gasteiger partial charge in [-0.15, -0.1) is 0 Å². The molecular formula is C20H36N2O3S. The van der Waals surface area contributed by atoms with Crippen molar-refractivity contribution < 1.29 is 13.5 Å². The average Bonchev–Trinajstić information content (AvgIpc) is 2.58. The van der Waals surface area contributed by atoms with Crippen molar-refractivity contribution in [3.05, 3.63) is 29.8 Å². The molecule has 2 atom stereocenters. The van der Waals surface area contributed by atoms with Crippen LogP contribution in [0, 0.1) is 0 Å². The van der Waals surface area contributed by atoms with E-state index in [9.17, 15) is 13.5 Å². The number of sulfonamides is 1. The first-order valence-corrected chi connectivity index (χ1v) is 11.7. The number of nitrogens with zero attached hydrogens (tertiary/aromatic N) is 1. The van der Waals surface area contributed by atoms with Crippen LogP contribution in [-0.2, 0) is 10.0 Å². The Balaban J connectivity index is 2.56. The standard InChI is InChI=1S/C20H36N2O3S/c1-5-7-15-22(16-8-6-2)17(3)9-14-20(23)18-10-12-19(13-11-18)21-26(4,24)25/h10-13,17,20-21,23H,5-9,14-16H2,1-4H3. The Morgan fingerprint density at radius 2 is 1.58 bits per heavy atom. The first-order valence-electron chi connectivity index (χ1n) is 9.76. The summed E-state index contributed by atoms with van der Waals surface area (Å²) in [5.74, 6) is 0. The summed E-state index contributed by atoms with van der Waals surface area (Å²) >= 11 is 0. The Labute approximate surface area is 159 Å². The van der Waals surface area contributed by atoms with Crippen LogP contribution in [0.25, 0.3) is 0 Å². The van der Waals surface area contributed by atoms with Gasteiger partial charge < -0.3 is 10.0 Å². The molecule has 1 rings (SSSR count). The van der Waals surface area contributed by atoms with Gasteiger partial charge >= 0.3 is 0 Å². The Morgan fingerprint density at radius 3 is 2.04 bits per heavy atom. The molecule has 0 saturated heterocycles. The fourth-order valence-electron chi connectivity index (χ4n) is 3.01. The lowest BCUT2D eigenvalue weighted by molar-refractivity contribution is 0.134. The average molecular weight is 385 g/mol. The van der Waals surface area contributed by atoms with E-state index in [4.69, 9.17) is 0 Å². The van der Waals surface area contributed by atoms with Crippen molar-refractivity contribution in [2.24, 2.45) is 0 Å². The lowest BCUT2D eigenvalue weighted by Crippen LogP contribution is -2.35. The second-order valence-electron chi connectivity index (χ2n) is 7.18. The summed E-state index contributed by atoms with van der Waals surface area (Å²) in [7, 11) is -3.27. The molecule has 1 aromatic rings. The molecule has 2 N–H and O–H groups in total. The maximum atomic E-state index is 11.2. The Hall–Kier alpha value is -1.11. The fraction of sp³-hybridized carbons (Fsp3) is 0.700. The summed E-state index contributed by atoms with van der Waals surface area (Å²) in [5, 5.41) is 10.5. The van der Waals surface area contributed by atoms with Crippen molar-refractivity contribution in [1.29, 1.82) is 0 Å². The van der Waals surface area contributed by atoms with Crippen LogP contribution in [0.4, 0.5) is 5.69 Å². The van der Waals surface area contributed by atoms with Gasteiger partial charge in [0.1, 0.15) is 0 Å². The summed E-state index contributed by atoms with van der Waals surface area (Å²) in [6, 6.07) is 7.41. The molecule has 0 amide bonds. The summed E-state index contributed by atoms with van der Waals surface area (Å²) in [4.78, 5) is 2.54. The molecule has 6 heteroatoms. The monoisotopic (exact) mass is 384 g/mol.